The first-order valence-electron chi connectivity index (χ1n) is 7.68. The largest absolute Gasteiger partial charge is 0.497 e. The number of methoxy groups -OCH3 is 1. The van der Waals surface area contributed by atoms with Gasteiger partial charge in [0.05, 0.1) is 17.3 Å². The van der Waals surface area contributed by atoms with E-state index in [1.807, 2.05) is 35.7 Å². The van der Waals surface area contributed by atoms with Gasteiger partial charge < -0.3 is 9.30 Å². The number of hydrogen-bond donors (Lipinski definition) is 0. The summed E-state index contributed by atoms with van der Waals surface area (Å²) in [7, 11) is 1.66. The molecule has 0 saturated heterocycles. The van der Waals surface area contributed by atoms with E-state index in [-0.39, 0.29) is 5.91 Å². The number of thiophene rings is 1. The molecule has 0 aliphatic carbocycles. The lowest BCUT2D eigenvalue weighted by Crippen LogP contribution is -2.17. The summed E-state index contributed by atoms with van der Waals surface area (Å²) in [4.78, 5) is 18.3. The second-order valence-corrected chi connectivity index (χ2v) is 8.14. The van der Waals surface area contributed by atoms with Gasteiger partial charge in [0.1, 0.15) is 5.75 Å². The number of carbonyl (C=O) groups excluding carboxylic acids is 1. The highest BCUT2D eigenvalue weighted by Gasteiger charge is 2.08. The number of rotatable bonds is 6. The summed E-state index contributed by atoms with van der Waals surface area (Å²) in [6.45, 7) is 0.801. The summed E-state index contributed by atoms with van der Waals surface area (Å²) >= 11 is 4.89. The van der Waals surface area contributed by atoms with Gasteiger partial charge in [0.2, 0.25) is 0 Å². The Morgan fingerprint density at radius 1 is 1.40 bits per heavy atom. The molecule has 3 rings (SSSR count). The Labute approximate surface area is 158 Å². The standard InChI is InChI=1S/C18H18N2O2S3/c1-22-13-5-7-16-15(12-13)20(9-11-23-2)18(25-16)19-17(21)8-6-14-4-3-10-24-14/h3-8,10,12H,9,11H2,1-2H3/b8-6+,19-18?. The van der Waals surface area contributed by atoms with Gasteiger partial charge in [-0.05, 0) is 35.9 Å². The Balaban J connectivity index is 1.99. The number of nitrogens with zero attached hydrogens (tertiary/aromatic N) is 2. The quantitative estimate of drug-likeness (QED) is 0.590. The Kier molecular flexibility index (Phi) is 6.12. The zero-order valence-corrected chi connectivity index (χ0v) is 16.4. The number of carbonyl (C=O) groups is 1. The predicted octanol–water partition coefficient (Wildman–Crippen LogP) is 4.28. The number of aromatic nitrogens is 1. The Morgan fingerprint density at radius 2 is 2.28 bits per heavy atom. The van der Waals surface area contributed by atoms with Crippen molar-refractivity contribution in [2.75, 3.05) is 19.1 Å². The fourth-order valence-electron chi connectivity index (χ4n) is 2.33. The number of thiazole rings is 1. The van der Waals surface area contributed by atoms with E-state index in [1.54, 1.807) is 36.3 Å². The van der Waals surface area contributed by atoms with Gasteiger partial charge in [-0.1, -0.05) is 17.4 Å². The summed E-state index contributed by atoms with van der Waals surface area (Å²) in [6, 6.07) is 9.87. The predicted molar refractivity (Wildman–Crippen MR) is 109 cm³/mol. The third-order valence-corrected chi connectivity index (χ3v) is 6.04. The molecule has 2 aromatic heterocycles. The molecule has 0 atom stereocenters. The molecule has 0 aliphatic heterocycles. The maximum atomic E-state index is 12.2. The molecule has 1 aromatic carbocycles. The number of benzene rings is 1. The molecule has 0 N–H and O–H groups in total. The van der Waals surface area contributed by atoms with Crippen LogP contribution in [0.3, 0.4) is 0 Å². The maximum Gasteiger partial charge on any atom is 0.272 e. The molecule has 0 aliphatic rings. The van der Waals surface area contributed by atoms with Gasteiger partial charge >= 0.3 is 0 Å². The first-order valence-corrected chi connectivity index (χ1v) is 10.8. The zero-order chi connectivity index (χ0) is 17.6. The average molecular weight is 391 g/mol. The number of fused-ring (bicyclic) bond motifs is 1. The summed E-state index contributed by atoms with van der Waals surface area (Å²) in [5, 5.41) is 1.98. The molecule has 7 heteroatoms. The van der Waals surface area contributed by atoms with Crippen molar-refractivity contribution >= 4 is 56.6 Å². The van der Waals surface area contributed by atoms with Gasteiger partial charge in [-0.3, -0.25) is 4.79 Å². The lowest BCUT2D eigenvalue weighted by Gasteiger charge is -2.05. The lowest BCUT2D eigenvalue weighted by molar-refractivity contribution is -0.113. The second kappa shape index (κ2) is 8.51. The minimum atomic E-state index is -0.246. The highest BCUT2D eigenvalue weighted by Crippen LogP contribution is 2.23. The summed E-state index contributed by atoms with van der Waals surface area (Å²) in [5.41, 5.74) is 1.05. The molecule has 3 aromatic rings. The van der Waals surface area contributed by atoms with Crippen molar-refractivity contribution in [1.29, 1.82) is 0 Å². The minimum Gasteiger partial charge on any atom is -0.497 e. The van der Waals surface area contributed by atoms with Crippen LogP contribution in [0.2, 0.25) is 0 Å². The third-order valence-electron chi connectivity index (χ3n) is 3.55. The number of aryl methyl sites for hydroxylation is 1. The molecule has 25 heavy (non-hydrogen) atoms. The minimum absolute atomic E-state index is 0.246. The van der Waals surface area contributed by atoms with E-state index in [2.05, 4.69) is 15.8 Å². The van der Waals surface area contributed by atoms with Crippen LogP contribution in [-0.4, -0.2) is 29.6 Å². The summed E-state index contributed by atoms with van der Waals surface area (Å²) in [6.07, 6.45) is 5.40. The van der Waals surface area contributed by atoms with Crippen LogP contribution in [0, 0.1) is 0 Å². The van der Waals surface area contributed by atoms with Gasteiger partial charge in [-0.2, -0.15) is 16.8 Å². The molecule has 0 fully saturated rings. The van der Waals surface area contributed by atoms with Crippen molar-refractivity contribution in [1.82, 2.24) is 4.57 Å². The van der Waals surface area contributed by atoms with Crippen LogP contribution in [-0.2, 0) is 11.3 Å². The van der Waals surface area contributed by atoms with Gasteiger partial charge in [0.25, 0.3) is 5.91 Å². The van der Waals surface area contributed by atoms with Gasteiger partial charge in [-0.15, -0.1) is 11.3 Å². The smallest absolute Gasteiger partial charge is 0.272 e. The van der Waals surface area contributed by atoms with Gasteiger partial charge in [0.15, 0.2) is 4.80 Å². The van der Waals surface area contributed by atoms with Crippen LogP contribution in [0.4, 0.5) is 0 Å². The number of thioether (sulfide) groups is 1. The van der Waals surface area contributed by atoms with Gasteiger partial charge in [0, 0.05) is 29.3 Å². The Bertz CT molecular complexity index is 953. The molecular formula is C18H18N2O2S3. The molecule has 0 saturated carbocycles. The van der Waals surface area contributed by atoms with E-state index in [9.17, 15) is 4.79 Å². The SMILES string of the molecule is COc1ccc2sc(=NC(=O)/C=C/c3cccs3)n(CCSC)c2c1. The Morgan fingerprint density at radius 3 is 3.00 bits per heavy atom. The molecule has 1 amide bonds. The van der Waals surface area contributed by atoms with E-state index in [4.69, 9.17) is 4.74 Å². The number of hydrogen-bond acceptors (Lipinski definition) is 5. The Hall–Kier alpha value is -1.83. The van der Waals surface area contributed by atoms with Crippen LogP contribution < -0.4 is 9.54 Å². The third kappa shape index (κ3) is 4.42. The molecule has 0 spiro atoms. The van der Waals surface area contributed by atoms with Crippen LogP contribution in [0.25, 0.3) is 16.3 Å². The number of ether oxygens (including phenoxy) is 1. The molecule has 130 valence electrons. The van der Waals surface area contributed by atoms with E-state index in [1.165, 1.54) is 17.4 Å². The van der Waals surface area contributed by atoms with Crippen molar-refractivity contribution in [3.63, 3.8) is 0 Å². The monoisotopic (exact) mass is 390 g/mol. The van der Waals surface area contributed by atoms with Crippen molar-refractivity contribution < 1.29 is 9.53 Å². The first-order chi connectivity index (χ1) is 12.2. The lowest BCUT2D eigenvalue weighted by atomic mass is 10.3. The van der Waals surface area contributed by atoms with Crippen LogP contribution in [0.1, 0.15) is 4.88 Å². The molecule has 0 radical (unpaired) electrons. The summed E-state index contributed by atoms with van der Waals surface area (Å²) in [5.74, 6) is 1.51. The van der Waals surface area contributed by atoms with E-state index < -0.39 is 0 Å². The number of amides is 1. The molecule has 2 heterocycles. The van der Waals surface area contributed by atoms with Crippen molar-refractivity contribution in [3.8, 4) is 5.75 Å². The van der Waals surface area contributed by atoms with Crippen LogP contribution in [0.5, 0.6) is 5.75 Å². The molecule has 0 bridgehead atoms. The van der Waals surface area contributed by atoms with E-state index in [0.717, 1.165) is 37.9 Å². The second-order valence-electron chi connectivity index (χ2n) is 5.16. The topological polar surface area (TPSA) is 43.6 Å². The fraction of sp³-hybridized carbons (Fsp3) is 0.222. The van der Waals surface area contributed by atoms with Crippen LogP contribution in [0.15, 0.2) is 46.8 Å². The van der Waals surface area contributed by atoms with Crippen molar-refractivity contribution in [3.05, 3.63) is 51.5 Å². The molecular weight excluding hydrogens is 372 g/mol. The average Bonchev–Trinajstić information content (AvgIpc) is 3.25. The fourth-order valence-corrected chi connectivity index (χ4v) is 4.36. The van der Waals surface area contributed by atoms with E-state index >= 15 is 0 Å². The van der Waals surface area contributed by atoms with Crippen molar-refractivity contribution in [2.24, 2.45) is 4.99 Å². The van der Waals surface area contributed by atoms with Gasteiger partial charge in [-0.25, -0.2) is 0 Å². The maximum absolute atomic E-state index is 12.2. The first kappa shape index (κ1) is 18.0. The highest BCUT2D eigenvalue weighted by atomic mass is 32.2. The zero-order valence-electron chi connectivity index (χ0n) is 14.0. The normalized spacial score (nSPS) is 12.3. The van der Waals surface area contributed by atoms with Crippen molar-refractivity contribution in [2.45, 2.75) is 6.54 Å². The summed E-state index contributed by atoms with van der Waals surface area (Å²) < 4.78 is 8.52. The van der Waals surface area contributed by atoms with Crippen LogP contribution >= 0.6 is 34.4 Å². The van der Waals surface area contributed by atoms with E-state index in [0.29, 0.717) is 0 Å². The molecule has 0 unspecified atom stereocenters. The highest BCUT2D eigenvalue weighted by molar-refractivity contribution is 7.98. The molecule has 4 nitrogen and oxygen atoms in total.